The Morgan fingerprint density at radius 2 is 1.25 bits per heavy atom. The summed E-state index contributed by atoms with van der Waals surface area (Å²) < 4.78 is 0. The van der Waals surface area contributed by atoms with E-state index in [9.17, 15) is 0 Å². The lowest BCUT2D eigenvalue weighted by molar-refractivity contribution is 1.41. The van der Waals surface area contributed by atoms with Crippen molar-refractivity contribution in [2.24, 2.45) is 0 Å². The van der Waals surface area contributed by atoms with Crippen molar-refractivity contribution in [3.8, 4) is 22.4 Å². The van der Waals surface area contributed by atoms with Crippen LogP contribution in [0.1, 0.15) is 0 Å². The monoisotopic (exact) mass is 255 g/mol. The molecule has 2 aliphatic rings. The van der Waals surface area contributed by atoms with Crippen LogP contribution in [-0.4, -0.2) is 4.98 Å². The van der Waals surface area contributed by atoms with Gasteiger partial charge in [-0.2, -0.15) is 0 Å². The first-order chi connectivity index (χ1) is 9.90. The van der Waals surface area contributed by atoms with Gasteiger partial charge in [-0.1, -0.05) is 54.6 Å². The van der Waals surface area contributed by atoms with Gasteiger partial charge in [-0.25, -0.2) is 4.98 Å². The summed E-state index contributed by atoms with van der Waals surface area (Å²) in [7, 11) is 0. The average molecular weight is 255 g/mol. The number of hydrogen-bond acceptors (Lipinski definition) is 1. The molecule has 1 aromatic heterocycles. The predicted octanol–water partition coefficient (Wildman–Crippen LogP) is 5.01. The van der Waals surface area contributed by atoms with Crippen LogP contribution in [0.3, 0.4) is 0 Å². The highest BCUT2D eigenvalue weighted by molar-refractivity contribution is 5.84. The first kappa shape index (κ1) is 11.2. The van der Waals surface area contributed by atoms with Gasteiger partial charge in [0.25, 0.3) is 0 Å². The van der Waals surface area contributed by atoms with Gasteiger partial charge in [0.2, 0.25) is 0 Å². The Labute approximate surface area is 117 Å². The maximum atomic E-state index is 4.76. The molecule has 0 aliphatic heterocycles. The fraction of sp³-hybridized carbons (Fsp3) is 0. The molecule has 0 saturated carbocycles. The molecule has 4 rings (SSSR count). The molecule has 1 heterocycles. The van der Waals surface area contributed by atoms with Crippen molar-refractivity contribution >= 4 is 10.9 Å². The quantitative estimate of drug-likeness (QED) is 0.466. The zero-order chi connectivity index (χ0) is 13.4. The van der Waals surface area contributed by atoms with Crippen molar-refractivity contribution in [2.75, 3.05) is 0 Å². The molecule has 2 aliphatic carbocycles. The Balaban J connectivity index is 1.91. The van der Waals surface area contributed by atoms with E-state index in [0.29, 0.717) is 0 Å². The molecule has 0 unspecified atom stereocenters. The minimum Gasteiger partial charge on any atom is -0.248 e. The van der Waals surface area contributed by atoms with Gasteiger partial charge < -0.3 is 0 Å². The van der Waals surface area contributed by atoms with Crippen LogP contribution in [0.5, 0.6) is 0 Å². The van der Waals surface area contributed by atoms with Crippen LogP contribution in [-0.2, 0) is 0 Å². The summed E-state index contributed by atoms with van der Waals surface area (Å²) in [6, 6.07) is 27.3. The molecule has 0 fully saturated rings. The second kappa shape index (κ2) is 4.46. The van der Waals surface area contributed by atoms with E-state index in [1.807, 2.05) is 18.2 Å². The molecule has 0 saturated heterocycles. The SMILES string of the molecule is c1ccc2cc(-c3ccc4ccccc4n3)cc-2cc1. The van der Waals surface area contributed by atoms with E-state index in [-0.39, 0.29) is 0 Å². The number of pyridine rings is 1. The molecule has 0 spiro atoms. The lowest BCUT2D eigenvalue weighted by Crippen LogP contribution is -1.82. The van der Waals surface area contributed by atoms with E-state index in [1.54, 1.807) is 0 Å². The summed E-state index contributed by atoms with van der Waals surface area (Å²) in [5.74, 6) is 0. The first-order valence-electron chi connectivity index (χ1n) is 6.75. The summed E-state index contributed by atoms with van der Waals surface area (Å²) in [4.78, 5) is 4.76. The Kier molecular flexibility index (Phi) is 2.49. The van der Waals surface area contributed by atoms with Gasteiger partial charge in [0.05, 0.1) is 11.2 Å². The fourth-order valence-corrected chi connectivity index (χ4v) is 2.59. The molecule has 0 N–H and O–H groups in total. The number of fused-ring (bicyclic) bond motifs is 2. The highest BCUT2D eigenvalue weighted by Crippen LogP contribution is 2.31. The van der Waals surface area contributed by atoms with E-state index >= 15 is 0 Å². The minimum atomic E-state index is 1.03. The number of hydrogen-bond donors (Lipinski definition) is 0. The summed E-state index contributed by atoms with van der Waals surface area (Å²) in [6.07, 6.45) is 0. The lowest BCUT2D eigenvalue weighted by Gasteiger charge is -2.00. The third kappa shape index (κ3) is 1.84. The number of para-hydroxylation sites is 1. The van der Waals surface area contributed by atoms with Crippen molar-refractivity contribution in [3.05, 3.63) is 78.9 Å². The van der Waals surface area contributed by atoms with Gasteiger partial charge in [-0.15, -0.1) is 0 Å². The Morgan fingerprint density at radius 3 is 2.05 bits per heavy atom. The summed E-state index contributed by atoms with van der Waals surface area (Å²) in [5, 5.41) is 1.18. The standard InChI is InChI=1S/C19H13N/c1-2-7-15-12-17(13-16(15)8-3-1)19-11-10-14-6-4-5-9-18(14)20-19/h1-13H. The maximum absolute atomic E-state index is 4.76. The first-order valence-corrected chi connectivity index (χ1v) is 6.75. The van der Waals surface area contributed by atoms with Crippen molar-refractivity contribution in [2.45, 2.75) is 0 Å². The van der Waals surface area contributed by atoms with Crippen molar-refractivity contribution < 1.29 is 0 Å². The van der Waals surface area contributed by atoms with Gasteiger partial charge in [-0.05, 0) is 35.4 Å². The van der Waals surface area contributed by atoms with Crippen LogP contribution < -0.4 is 0 Å². The predicted molar refractivity (Wildman–Crippen MR) is 83.8 cm³/mol. The van der Waals surface area contributed by atoms with Gasteiger partial charge >= 0.3 is 0 Å². The molecule has 20 heavy (non-hydrogen) atoms. The van der Waals surface area contributed by atoms with E-state index in [2.05, 4.69) is 60.7 Å². The molecule has 0 atom stereocenters. The van der Waals surface area contributed by atoms with Crippen LogP contribution in [0.2, 0.25) is 0 Å². The normalized spacial score (nSPS) is 11.0. The summed E-state index contributed by atoms with van der Waals surface area (Å²) >= 11 is 0. The zero-order valence-electron chi connectivity index (χ0n) is 11.0. The number of aromatic nitrogens is 1. The van der Waals surface area contributed by atoms with E-state index in [1.165, 1.54) is 22.1 Å². The van der Waals surface area contributed by atoms with Crippen molar-refractivity contribution in [3.63, 3.8) is 0 Å². The molecule has 0 amide bonds. The lowest BCUT2D eigenvalue weighted by atomic mass is 10.1. The van der Waals surface area contributed by atoms with Gasteiger partial charge in [-0.3, -0.25) is 0 Å². The largest absolute Gasteiger partial charge is 0.248 e. The molecule has 0 bridgehead atoms. The van der Waals surface area contributed by atoms with Gasteiger partial charge in [0, 0.05) is 10.9 Å². The Bertz CT molecular complexity index is 833. The maximum Gasteiger partial charge on any atom is 0.0710 e. The zero-order valence-corrected chi connectivity index (χ0v) is 11.0. The molecule has 1 aromatic carbocycles. The second-order valence-corrected chi connectivity index (χ2v) is 4.95. The van der Waals surface area contributed by atoms with E-state index < -0.39 is 0 Å². The average Bonchev–Trinajstić information content (AvgIpc) is 2.78. The van der Waals surface area contributed by atoms with Crippen LogP contribution in [0, 0.1) is 0 Å². The van der Waals surface area contributed by atoms with Gasteiger partial charge in [0.1, 0.15) is 0 Å². The van der Waals surface area contributed by atoms with Crippen LogP contribution in [0.15, 0.2) is 78.9 Å². The van der Waals surface area contributed by atoms with Gasteiger partial charge in [0.15, 0.2) is 0 Å². The Hall–Kier alpha value is -2.67. The molecule has 94 valence electrons. The molecule has 1 nitrogen and oxygen atoms in total. The van der Waals surface area contributed by atoms with Crippen LogP contribution in [0.25, 0.3) is 33.3 Å². The molecule has 1 heteroatoms. The van der Waals surface area contributed by atoms with Crippen molar-refractivity contribution in [1.82, 2.24) is 4.98 Å². The molecular formula is C19H13N. The van der Waals surface area contributed by atoms with Crippen LogP contribution >= 0.6 is 0 Å². The number of nitrogens with zero attached hydrogens (tertiary/aromatic N) is 1. The van der Waals surface area contributed by atoms with E-state index in [0.717, 1.165) is 11.2 Å². The van der Waals surface area contributed by atoms with Crippen LogP contribution in [0.4, 0.5) is 0 Å². The minimum absolute atomic E-state index is 1.03. The van der Waals surface area contributed by atoms with Crippen molar-refractivity contribution in [1.29, 1.82) is 0 Å². The van der Waals surface area contributed by atoms with E-state index in [4.69, 9.17) is 4.98 Å². The third-order valence-electron chi connectivity index (χ3n) is 3.62. The molecule has 0 radical (unpaired) electrons. The number of rotatable bonds is 1. The third-order valence-corrected chi connectivity index (χ3v) is 3.62. The topological polar surface area (TPSA) is 12.9 Å². The molecule has 2 aromatic rings. The summed E-state index contributed by atoms with van der Waals surface area (Å²) in [5.41, 5.74) is 5.75. The smallest absolute Gasteiger partial charge is 0.0710 e. The number of benzene rings is 1. The molecular weight excluding hydrogens is 242 g/mol. The Morgan fingerprint density at radius 1 is 0.550 bits per heavy atom. The highest BCUT2D eigenvalue weighted by atomic mass is 14.7. The second-order valence-electron chi connectivity index (χ2n) is 4.95. The highest BCUT2D eigenvalue weighted by Gasteiger charge is 2.08. The summed E-state index contributed by atoms with van der Waals surface area (Å²) in [6.45, 7) is 0. The fourth-order valence-electron chi connectivity index (χ4n) is 2.59.